The van der Waals surface area contributed by atoms with Gasteiger partial charge in [-0.1, -0.05) is 22.0 Å². The molecule has 0 radical (unpaired) electrons. The molecule has 1 N–H and O–H groups in total. The third kappa shape index (κ3) is 3.94. The molecule has 0 fully saturated rings. The summed E-state index contributed by atoms with van der Waals surface area (Å²) in [5.74, 6) is 0. The largest absolute Gasteiger partial charge is 0.380 e. The van der Waals surface area contributed by atoms with Crippen LogP contribution in [-0.4, -0.2) is 18.1 Å². The molecule has 5 heteroatoms. The Morgan fingerprint density at radius 1 is 1.32 bits per heavy atom. The molecule has 0 aliphatic carbocycles. The van der Waals surface area contributed by atoms with Crippen LogP contribution in [0.5, 0.6) is 0 Å². The summed E-state index contributed by atoms with van der Waals surface area (Å²) in [5.41, 5.74) is 1.12. The van der Waals surface area contributed by atoms with Crippen molar-refractivity contribution in [3.05, 3.63) is 39.8 Å². The number of benzene rings is 1. The molecular formula is C14H18BrN3S. The highest BCUT2D eigenvalue weighted by molar-refractivity contribution is 9.10. The highest BCUT2D eigenvalue weighted by Gasteiger charge is 2.07. The predicted molar refractivity (Wildman–Crippen MR) is 87.1 cm³/mol. The first-order valence-corrected chi connectivity index (χ1v) is 8.03. The zero-order chi connectivity index (χ0) is 13.7. The van der Waals surface area contributed by atoms with Crippen molar-refractivity contribution in [3.63, 3.8) is 0 Å². The van der Waals surface area contributed by atoms with Gasteiger partial charge < -0.3 is 10.2 Å². The number of halogens is 1. The second-order valence-corrected chi connectivity index (χ2v) is 6.15. The van der Waals surface area contributed by atoms with E-state index in [4.69, 9.17) is 0 Å². The van der Waals surface area contributed by atoms with Gasteiger partial charge in [0, 0.05) is 34.3 Å². The lowest BCUT2D eigenvalue weighted by Gasteiger charge is -2.16. The van der Waals surface area contributed by atoms with Crippen molar-refractivity contribution in [3.8, 4) is 0 Å². The van der Waals surface area contributed by atoms with Crippen LogP contribution in [-0.2, 0) is 6.54 Å². The fourth-order valence-electron chi connectivity index (χ4n) is 1.81. The van der Waals surface area contributed by atoms with Gasteiger partial charge in [-0.05, 0) is 32.0 Å². The molecular weight excluding hydrogens is 322 g/mol. The molecule has 1 aromatic heterocycles. The lowest BCUT2D eigenvalue weighted by atomic mass is 10.3. The van der Waals surface area contributed by atoms with Gasteiger partial charge in [-0.25, -0.2) is 4.98 Å². The summed E-state index contributed by atoms with van der Waals surface area (Å²) in [4.78, 5) is 8.01. The Morgan fingerprint density at radius 3 is 2.79 bits per heavy atom. The molecule has 0 amide bonds. The quantitative estimate of drug-likeness (QED) is 0.847. The van der Waals surface area contributed by atoms with E-state index >= 15 is 0 Å². The van der Waals surface area contributed by atoms with Crippen molar-refractivity contribution < 1.29 is 0 Å². The van der Waals surface area contributed by atoms with Crippen LogP contribution in [0.3, 0.4) is 0 Å². The van der Waals surface area contributed by atoms with E-state index in [1.54, 1.807) is 11.3 Å². The summed E-state index contributed by atoms with van der Waals surface area (Å²) in [5, 5.41) is 4.52. The van der Waals surface area contributed by atoms with Gasteiger partial charge in [0.2, 0.25) is 0 Å². The van der Waals surface area contributed by atoms with Gasteiger partial charge in [-0.2, -0.15) is 0 Å². The average molecular weight is 340 g/mol. The molecule has 0 saturated carbocycles. The second-order valence-electron chi connectivity index (χ2n) is 4.15. The Labute approximate surface area is 126 Å². The zero-order valence-corrected chi connectivity index (χ0v) is 13.6. The first-order chi connectivity index (χ1) is 9.22. The van der Waals surface area contributed by atoms with Crippen molar-refractivity contribution in [2.45, 2.75) is 20.4 Å². The predicted octanol–water partition coefficient (Wildman–Crippen LogP) is 4.36. The first-order valence-electron chi connectivity index (χ1n) is 6.42. The van der Waals surface area contributed by atoms with Crippen LogP contribution in [0, 0.1) is 0 Å². The molecule has 0 spiro atoms. The topological polar surface area (TPSA) is 28.2 Å². The van der Waals surface area contributed by atoms with Gasteiger partial charge in [0.05, 0.1) is 6.54 Å². The smallest absolute Gasteiger partial charge is 0.185 e. The van der Waals surface area contributed by atoms with Crippen molar-refractivity contribution in [2.75, 3.05) is 23.3 Å². The van der Waals surface area contributed by atoms with Crippen LogP contribution in [0.4, 0.5) is 10.8 Å². The summed E-state index contributed by atoms with van der Waals surface area (Å²) < 4.78 is 1.09. The molecule has 0 saturated heterocycles. The van der Waals surface area contributed by atoms with Gasteiger partial charge in [0.25, 0.3) is 0 Å². The fourth-order valence-corrected chi connectivity index (χ4v) is 3.18. The molecule has 1 heterocycles. The molecule has 2 aromatic rings. The Morgan fingerprint density at radius 2 is 2.11 bits per heavy atom. The van der Waals surface area contributed by atoms with Gasteiger partial charge in [0.15, 0.2) is 5.13 Å². The normalized spacial score (nSPS) is 10.5. The van der Waals surface area contributed by atoms with Gasteiger partial charge >= 0.3 is 0 Å². The van der Waals surface area contributed by atoms with E-state index < -0.39 is 0 Å². The number of thiazole rings is 1. The molecule has 0 aliphatic heterocycles. The van der Waals surface area contributed by atoms with Crippen LogP contribution >= 0.6 is 27.3 Å². The minimum absolute atomic E-state index is 0.815. The maximum atomic E-state index is 4.48. The summed E-state index contributed by atoms with van der Waals surface area (Å²) in [6.07, 6.45) is 1.96. The Hall–Kier alpha value is -1.07. The van der Waals surface area contributed by atoms with E-state index in [2.05, 4.69) is 57.1 Å². The number of hydrogen-bond donors (Lipinski definition) is 1. The van der Waals surface area contributed by atoms with Crippen LogP contribution in [0.25, 0.3) is 0 Å². The first kappa shape index (κ1) is 14.3. The Balaban J connectivity index is 1.97. The zero-order valence-electron chi connectivity index (χ0n) is 11.2. The molecule has 0 unspecified atom stereocenters. The number of nitrogens with zero attached hydrogens (tertiary/aromatic N) is 2. The molecule has 3 nitrogen and oxygen atoms in total. The molecule has 0 aliphatic rings. The molecule has 19 heavy (non-hydrogen) atoms. The number of anilines is 2. The monoisotopic (exact) mass is 339 g/mol. The van der Waals surface area contributed by atoms with E-state index in [0.717, 1.165) is 34.9 Å². The minimum Gasteiger partial charge on any atom is -0.380 e. The summed E-state index contributed by atoms with van der Waals surface area (Å²) in [7, 11) is 0. The van der Waals surface area contributed by atoms with E-state index in [0.29, 0.717) is 0 Å². The van der Waals surface area contributed by atoms with Crippen molar-refractivity contribution >= 4 is 38.1 Å². The van der Waals surface area contributed by atoms with E-state index in [1.807, 2.05) is 18.3 Å². The van der Waals surface area contributed by atoms with Gasteiger partial charge in [-0.3, -0.25) is 0 Å². The highest BCUT2D eigenvalue weighted by Crippen LogP contribution is 2.23. The van der Waals surface area contributed by atoms with E-state index in [1.165, 1.54) is 4.88 Å². The van der Waals surface area contributed by atoms with Crippen molar-refractivity contribution in [1.29, 1.82) is 0 Å². The van der Waals surface area contributed by atoms with Gasteiger partial charge in [-0.15, -0.1) is 11.3 Å². The second kappa shape index (κ2) is 6.91. The lowest BCUT2D eigenvalue weighted by Crippen LogP contribution is -2.21. The SMILES string of the molecule is CCN(CC)c1ncc(CNc2cccc(Br)c2)s1. The number of nitrogens with one attached hydrogen (secondary N) is 1. The number of aromatic nitrogens is 1. The molecule has 0 bridgehead atoms. The summed E-state index contributed by atoms with van der Waals surface area (Å²) >= 11 is 5.23. The van der Waals surface area contributed by atoms with Crippen LogP contribution < -0.4 is 10.2 Å². The maximum absolute atomic E-state index is 4.48. The van der Waals surface area contributed by atoms with Crippen molar-refractivity contribution in [2.24, 2.45) is 0 Å². The third-order valence-corrected chi connectivity index (χ3v) is 4.42. The van der Waals surface area contributed by atoms with Crippen LogP contribution in [0.2, 0.25) is 0 Å². The summed E-state index contributed by atoms with van der Waals surface area (Å²) in [6, 6.07) is 8.19. The maximum Gasteiger partial charge on any atom is 0.185 e. The molecule has 102 valence electrons. The minimum atomic E-state index is 0.815. The molecule has 0 atom stereocenters. The number of hydrogen-bond acceptors (Lipinski definition) is 4. The summed E-state index contributed by atoms with van der Waals surface area (Å²) in [6.45, 7) is 7.13. The Bertz CT molecular complexity index is 523. The average Bonchev–Trinajstić information content (AvgIpc) is 2.87. The van der Waals surface area contributed by atoms with E-state index in [-0.39, 0.29) is 0 Å². The van der Waals surface area contributed by atoms with Crippen molar-refractivity contribution in [1.82, 2.24) is 4.98 Å². The molecule has 1 aromatic carbocycles. The standard InChI is InChI=1S/C14H18BrN3S/c1-3-18(4-2)14-17-10-13(19-14)9-16-12-7-5-6-11(15)8-12/h5-8,10,16H,3-4,9H2,1-2H3. The number of rotatable bonds is 6. The van der Waals surface area contributed by atoms with Crippen LogP contribution in [0.1, 0.15) is 18.7 Å². The lowest BCUT2D eigenvalue weighted by molar-refractivity contribution is 0.860. The van der Waals surface area contributed by atoms with E-state index in [9.17, 15) is 0 Å². The molecule has 2 rings (SSSR count). The third-order valence-electron chi connectivity index (χ3n) is 2.87. The highest BCUT2D eigenvalue weighted by atomic mass is 79.9. The van der Waals surface area contributed by atoms with Crippen LogP contribution in [0.15, 0.2) is 34.9 Å². The Kier molecular flexibility index (Phi) is 5.22. The fraction of sp³-hybridized carbons (Fsp3) is 0.357. The van der Waals surface area contributed by atoms with Gasteiger partial charge in [0.1, 0.15) is 0 Å².